The van der Waals surface area contributed by atoms with Crippen molar-refractivity contribution < 1.29 is 80.9 Å². The number of amides is 2. The Balaban J connectivity index is 2.16. The van der Waals surface area contributed by atoms with Gasteiger partial charge in [-0.15, -0.1) is 11.8 Å². The van der Waals surface area contributed by atoms with Gasteiger partial charge < -0.3 is 39.6 Å². The number of aliphatic carboxylic acids is 1. The second-order valence-electron chi connectivity index (χ2n) is 6.59. The molecule has 2 amide bonds. The van der Waals surface area contributed by atoms with Gasteiger partial charge in [0.2, 0.25) is 0 Å². The maximum absolute atomic E-state index is 12.2. The van der Waals surface area contributed by atoms with Gasteiger partial charge in [0.25, 0.3) is 11.8 Å². The molecule has 2 heterocycles. The molecular formula is C12H18NO17P3S. The number of carbonyl (C=O) groups is 3. The van der Waals surface area contributed by atoms with Gasteiger partial charge in [-0.25, -0.2) is 13.7 Å². The normalized spacial score (nSPS) is 30.1. The summed E-state index contributed by atoms with van der Waals surface area (Å²) in [7, 11) is -17.0. The number of aliphatic hydroxyl groups is 2. The molecule has 0 aliphatic carbocycles. The van der Waals surface area contributed by atoms with Crippen molar-refractivity contribution in [3.8, 4) is 0 Å². The summed E-state index contributed by atoms with van der Waals surface area (Å²) in [4.78, 5) is 70.4. The van der Waals surface area contributed by atoms with Gasteiger partial charge in [0, 0.05) is 0 Å². The highest BCUT2D eigenvalue weighted by molar-refractivity contribution is 8.05. The van der Waals surface area contributed by atoms with Crippen molar-refractivity contribution in [2.24, 2.45) is 0 Å². The average Bonchev–Trinajstić information content (AvgIpc) is 3.06. The third-order valence-corrected chi connectivity index (χ3v) is 9.03. The van der Waals surface area contributed by atoms with Crippen LogP contribution in [0.3, 0.4) is 0 Å². The third kappa shape index (κ3) is 7.49. The number of carboxylic acid groups (broad SMARTS) is 1. The minimum absolute atomic E-state index is 0.412. The van der Waals surface area contributed by atoms with Gasteiger partial charge >= 0.3 is 29.4 Å². The molecule has 2 rings (SSSR count). The van der Waals surface area contributed by atoms with Gasteiger partial charge in [0.1, 0.15) is 29.7 Å². The first-order valence-electron chi connectivity index (χ1n) is 8.63. The Labute approximate surface area is 193 Å². The van der Waals surface area contributed by atoms with E-state index in [0.29, 0.717) is 11.8 Å². The summed E-state index contributed by atoms with van der Waals surface area (Å²) in [6, 6.07) is 0. The highest BCUT2D eigenvalue weighted by Gasteiger charge is 2.51. The topological polar surface area (TPSA) is 293 Å². The number of imide groups is 1. The van der Waals surface area contributed by atoms with Crippen molar-refractivity contribution in [1.82, 2.24) is 5.32 Å². The first kappa shape index (κ1) is 29.2. The van der Waals surface area contributed by atoms with Gasteiger partial charge in [-0.3, -0.25) is 24.2 Å². The molecule has 22 heteroatoms. The number of nitrogens with one attached hydrogen (secondary N) is 1. The van der Waals surface area contributed by atoms with Crippen molar-refractivity contribution in [2.75, 3.05) is 6.61 Å². The molecule has 0 aromatic carbocycles. The smallest absolute Gasteiger partial charge is 0.480 e. The average molecular weight is 573 g/mol. The van der Waals surface area contributed by atoms with E-state index < -0.39 is 88.0 Å². The summed E-state index contributed by atoms with van der Waals surface area (Å²) in [5.74, 6) is -3.37. The van der Waals surface area contributed by atoms with E-state index in [9.17, 15) is 43.2 Å². The molecule has 0 bridgehead atoms. The molecule has 0 aromatic rings. The summed E-state index contributed by atoms with van der Waals surface area (Å²) >= 11 is 0.457. The fraction of sp³-hybridized carbons (Fsp3) is 0.583. The van der Waals surface area contributed by atoms with Gasteiger partial charge in [0.15, 0.2) is 0 Å². The SMILES string of the molecule is C[C@H](SC1=C([C@@H]2O[C@H](COP(=O)(O)OP(=O)(O)OP(=O)(O)O)[C@@H](O)[C@H]2O)C(=O)NC1=O)C(=O)O. The largest absolute Gasteiger partial charge is 0.490 e. The summed E-state index contributed by atoms with van der Waals surface area (Å²) in [6.45, 7) is 0.0647. The zero-order valence-electron chi connectivity index (χ0n) is 16.6. The molecular weight excluding hydrogens is 555 g/mol. The number of phosphoric acid groups is 3. The molecule has 0 aromatic heterocycles. The van der Waals surface area contributed by atoms with Crippen LogP contribution in [0.2, 0.25) is 0 Å². The Bertz CT molecular complexity index is 1040. The first-order chi connectivity index (χ1) is 15.3. The third-order valence-electron chi connectivity index (χ3n) is 4.03. The van der Waals surface area contributed by atoms with E-state index >= 15 is 0 Å². The predicted octanol–water partition coefficient (Wildman–Crippen LogP) is -2.06. The van der Waals surface area contributed by atoms with E-state index in [1.54, 1.807) is 0 Å². The van der Waals surface area contributed by atoms with Crippen LogP contribution in [0.1, 0.15) is 6.92 Å². The Morgan fingerprint density at radius 1 is 1.06 bits per heavy atom. The summed E-state index contributed by atoms with van der Waals surface area (Å²) in [5.41, 5.74) is -0.518. The highest BCUT2D eigenvalue weighted by Crippen LogP contribution is 2.66. The minimum Gasteiger partial charge on any atom is -0.480 e. The van der Waals surface area contributed by atoms with E-state index in [2.05, 4.69) is 13.1 Å². The lowest BCUT2D eigenvalue weighted by Crippen LogP contribution is -2.36. The zero-order valence-corrected chi connectivity index (χ0v) is 20.1. The lowest BCUT2D eigenvalue weighted by atomic mass is 10.0. The number of carboxylic acids is 1. The lowest BCUT2D eigenvalue weighted by molar-refractivity contribution is -0.136. The molecule has 2 unspecified atom stereocenters. The van der Waals surface area contributed by atoms with Gasteiger partial charge in [-0.2, -0.15) is 8.62 Å². The molecule has 0 saturated carbocycles. The zero-order chi connectivity index (χ0) is 26.2. The van der Waals surface area contributed by atoms with E-state index in [-0.39, 0.29) is 0 Å². The maximum atomic E-state index is 12.2. The number of rotatable bonds is 11. The monoisotopic (exact) mass is 573 g/mol. The molecule has 34 heavy (non-hydrogen) atoms. The molecule has 8 N–H and O–H groups in total. The van der Waals surface area contributed by atoms with Crippen LogP contribution in [-0.4, -0.2) is 88.9 Å². The van der Waals surface area contributed by atoms with E-state index in [1.807, 2.05) is 5.32 Å². The Morgan fingerprint density at radius 3 is 2.18 bits per heavy atom. The van der Waals surface area contributed by atoms with E-state index in [1.165, 1.54) is 6.92 Å². The molecule has 2 aliphatic heterocycles. The van der Waals surface area contributed by atoms with Crippen LogP contribution in [0.15, 0.2) is 10.5 Å². The summed E-state index contributed by atoms with van der Waals surface area (Å²) < 4.78 is 50.3. The van der Waals surface area contributed by atoms with Gasteiger partial charge in [0.05, 0.1) is 17.1 Å². The first-order valence-corrected chi connectivity index (χ1v) is 14.0. The molecule has 2 aliphatic rings. The summed E-state index contributed by atoms with van der Waals surface area (Å²) in [6.07, 6.45) is -7.27. The Morgan fingerprint density at radius 2 is 1.65 bits per heavy atom. The Kier molecular flexibility index (Phi) is 9.06. The molecule has 1 saturated heterocycles. The number of phosphoric ester groups is 1. The van der Waals surface area contributed by atoms with Crippen molar-refractivity contribution in [2.45, 2.75) is 36.6 Å². The van der Waals surface area contributed by atoms with E-state index in [0.717, 1.165) is 0 Å². The van der Waals surface area contributed by atoms with Crippen LogP contribution in [0.4, 0.5) is 0 Å². The van der Waals surface area contributed by atoms with E-state index in [4.69, 9.17) is 24.5 Å². The van der Waals surface area contributed by atoms with Crippen molar-refractivity contribution in [3.05, 3.63) is 10.5 Å². The molecule has 7 atom stereocenters. The molecule has 18 nitrogen and oxygen atoms in total. The van der Waals surface area contributed by atoms with Crippen LogP contribution in [-0.2, 0) is 46.0 Å². The second kappa shape index (κ2) is 10.5. The highest BCUT2D eigenvalue weighted by atomic mass is 32.2. The number of thioether (sulfide) groups is 1. The number of hydrogen-bond donors (Lipinski definition) is 8. The summed E-state index contributed by atoms with van der Waals surface area (Å²) in [5, 5.41) is 30.1. The number of aliphatic hydroxyl groups excluding tert-OH is 2. The van der Waals surface area contributed by atoms with Crippen molar-refractivity contribution >= 4 is 53.0 Å². The van der Waals surface area contributed by atoms with Crippen molar-refractivity contribution in [3.63, 3.8) is 0 Å². The predicted molar refractivity (Wildman–Crippen MR) is 105 cm³/mol. The van der Waals surface area contributed by atoms with Gasteiger partial charge in [-0.1, -0.05) is 0 Å². The molecule has 1 fully saturated rings. The second-order valence-corrected chi connectivity index (χ2v) is 12.4. The standard InChI is InChI=1S/C12H18NO17P3S/c1-3(12(18)19)34-9-5(10(16)13-11(9)17)8-7(15)6(14)4(28-8)2-27-32(23,24)30-33(25,26)29-31(20,21)22/h3-4,6-8,14-15H,2H2,1H3,(H,18,19)(H,23,24)(H,25,26)(H,13,16,17)(H2,20,21,22)/t3-,4+,6+,7+,8-/m0/s1. The molecule has 0 radical (unpaired) electrons. The van der Waals surface area contributed by atoms with Crippen LogP contribution in [0.25, 0.3) is 0 Å². The number of hydrogen-bond acceptors (Lipinski definition) is 13. The lowest BCUT2D eigenvalue weighted by Gasteiger charge is -2.19. The van der Waals surface area contributed by atoms with Crippen LogP contribution in [0, 0.1) is 0 Å². The molecule has 194 valence electrons. The fourth-order valence-corrected chi connectivity index (χ4v) is 6.63. The van der Waals surface area contributed by atoms with Crippen LogP contribution in [0.5, 0.6) is 0 Å². The number of carbonyl (C=O) groups excluding carboxylic acids is 2. The minimum atomic E-state index is -5.80. The van der Waals surface area contributed by atoms with Crippen LogP contribution >= 0.6 is 35.2 Å². The van der Waals surface area contributed by atoms with Crippen LogP contribution < -0.4 is 5.32 Å². The number of ether oxygens (including phenoxy) is 1. The Hall–Kier alpha value is -1.01. The maximum Gasteiger partial charge on any atom is 0.490 e. The van der Waals surface area contributed by atoms with Gasteiger partial charge in [-0.05, 0) is 6.92 Å². The molecule has 0 spiro atoms. The fourth-order valence-electron chi connectivity index (χ4n) is 2.65. The quantitative estimate of drug-likeness (QED) is 0.0973. The van der Waals surface area contributed by atoms with Crippen molar-refractivity contribution in [1.29, 1.82) is 0 Å².